The van der Waals surface area contributed by atoms with Crippen LogP contribution in [0.3, 0.4) is 0 Å². The molecule has 3 aromatic rings. The van der Waals surface area contributed by atoms with Crippen LogP contribution >= 0.6 is 11.6 Å². The van der Waals surface area contributed by atoms with Gasteiger partial charge in [-0.05, 0) is 42.7 Å². The van der Waals surface area contributed by atoms with Crippen molar-refractivity contribution in [2.75, 3.05) is 0 Å². The van der Waals surface area contributed by atoms with Crippen LogP contribution in [0.15, 0.2) is 48.9 Å². The molecular weight excluding hydrogens is 282 g/mol. The third-order valence-electron chi connectivity index (χ3n) is 3.54. The lowest BCUT2D eigenvalue weighted by molar-refractivity contribution is 0.734. The molecule has 0 fully saturated rings. The minimum absolute atomic E-state index is 0.137. The second-order valence-corrected chi connectivity index (χ2v) is 5.92. The molecular formula is C17H18ClN3. The fraction of sp³-hybridized carbons (Fsp3) is 0.235. The number of nitrogens with two attached hydrogens (primary N) is 1. The molecule has 0 radical (unpaired) electrons. The van der Waals surface area contributed by atoms with E-state index in [1.54, 1.807) is 6.20 Å². The summed E-state index contributed by atoms with van der Waals surface area (Å²) in [6.07, 6.45) is 6.72. The topological polar surface area (TPSA) is 43.8 Å². The molecule has 4 heteroatoms. The normalized spacial score (nSPS) is 12.7. The summed E-state index contributed by atoms with van der Waals surface area (Å²) >= 11 is 6.16. The van der Waals surface area contributed by atoms with Gasteiger partial charge in [0.2, 0.25) is 0 Å². The Morgan fingerprint density at radius 3 is 2.90 bits per heavy atom. The molecule has 108 valence electrons. The van der Waals surface area contributed by atoms with Crippen molar-refractivity contribution in [1.82, 2.24) is 9.55 Å². The van der Waals surface area contributed by atoms with Crippen LogP contribution in [0.25, 0.3) is 10.9 Å². The molecule has 0 bridgehead atoms. The number of rotatable bonds is 4. The van der Waals surface area contributed by atoms with E-state index in [0.29, 0.717) is 0 Å². The van der Waals surface area contributed by atoms with Crippen molar-refractivity contribution < 1.29 is 0 Å². The average Bonchev–Trinajstić information content (AvgIpc) is 2.76. The molecule has 0 aliphatic heterocycles. The van der Waals surface area contributed by atoms with E-state index < -0.39 is 0 Å². The van der Waals surface area contributed by atoms with Crippen LogP contribution in [0.2, 0.25) is 5.02 Å². The number of fused-ring (bicyclic) bond motifs is 1. The fourth-order valence-electron chi connectivity index (χ4n) is 2.67. The Balaban J connectivity index is 2.06. The third kappa shape index (κ3) is 3.09. The van der Waals surface area contributed by atoms with E-state index in [2.05, 4.69) is 27.9 Å². The highest BCUT2D eigenvalue weighted by atomic mass is 35.5. The van der Waals surface area contributed by atoms with E-state index in [4.69, 9.17) is 17.3 Å². The predicted molar refractivity (Wildman–Crippen MR) is 87.6 cm³/mol. The molecule has 21 heavy (non-hydrogen) atoms. The first-order chi connectivity index (χ1) is 10.1. The molecule has 2 heterocycles. The van der Waals surface area contributed by atoms with Crippen LogP contribution in [-0.2, 0) is 13.0 Å². The van der Waals surface area contributed by atoms with Crippen molar-refractivity contribution in [3.05, 3.63) is 65.1 Å². The van der Waals surface area contributed by atoms with Crippen LogP contribution in [0, 0.1) is 0 Å². The van der Waals surface area contributed by atoms with Gasteiger partial charge < -0.3 is 10.3 Å². The molecule has 2 aromatic heterocycles. The van der Waals surface area contributed by atoms with E-state index in [0.717, 1.165) is 23.5 Å². The maximum atomic E-state index is 6.16. The first-order valence-corrected chi connectivity index (χ1v) is 7.43. The Labute approximate surface area is 129 Å². The van der Waals surface area contributed by atoms with Crippen LogP contribution in [0.4, 0.5) is 0 Å². The number of benzene rings is 1. The van der Waals surface area contributed by atoms with E-state index in [1.165, 1.54) is 16.5 Å². The van der Waals surface area contributed by atoms with E-state index in [9.17, 15) is 0 Å². The molecule has 0 saturated heterocycles. The lowest BCUT2D eigenvalue weighted by Gasteiger charge is -2.05. The van der Waals surface area contributed by atoms with Gasteiger partial charge >= 0.3 is 0 Å². The maximum absolute atomic E-state index is 6.16. The number of hydrogen-bond donors (Lipinski definition) is 1. The molecule has 3 rings (SSSR count). The van der Waals surface area contributed by atoms with E-state index in [1.807, 2.05) is 31.3 Å². The predicted octanol–water partition coefficient (Wildman–Crippen LogP) is 3.63. The van der Waals surface area contributed by atoms with Gasteiger partial charge in [0.05, 0.1) is 5.52 Å². The Kier molecular flexibility index (Phi) is 3.95. The number of halogens is 1. The number of hydrogen-bond acceptors (Lipinski definition) is 2. The van der Waals surface area contributed by atoms with E-state index >= 15 is 0 Å². The molecule has 3 nitrogen and oxygen atoms in total. The van der Waals surface area contributed by atoms with Crippen LogP contribution in [0.5, 0.6) is 0 Å². The zero-order chi connectivity index (χ0) is 14.8. The highest BCUT2D eigenvalue weighted by Crippen LogP contribution is 2.26. The SMILES string of the molecule is CC(N)Cc1cn(Cc2cccnc2)c2cc(Cl)ccc12. The highest BCUT2D eigenvalue weighted by Gasteiger charge is 2.11. The molecule has 1 aromatic carbocycles. The molecule has 2 N–H and O–H groups in total. The summed E-state index contributed by atoms with van der Waals surface area (Å²) < 4.78 is 2.22. The molecule has 0 aliphatic rings. The summed E-state index contributed by atoms with van der Waals surface area (Å²) in [6.45, 7) is 2.81. The van der Waals surface area contributed by atoms with Crippen molar-refractivity contribution in [3.63, 3.8) is 0 Å². The number of nitrogens with zero attached hydrogens (tertiary/aromatic N) is 2. The monoisotopic (exact) mass is 299 g/mol. The minimum Gasteiger partial charge on any atom is -0.343 e. The largest absolute Gasteiger partial charge is 0.343 e. The van der Waals surface area contributed by atoms with Gasteiger partial charge in [-0.2, -0.15) is 0 Å². The van der Waals surface area contributed by atoms with Crippen molar-refractivity contribution in [1.29, 1.82) is 0 Å². The number of pyridine rings is 1. The molecule has 0 saturated carbocycles. The van der Waals surface area contributed by atoms with Crippen LogP contribution in [0.1, 0.15) is 18.1 Å². The first-order valence-electron chi connectivity index (χ1n) is 7.05. The zero-order valence-electron chi connectivity index (χ0n) is 12.0. The Morgan fingerprint density at radius 1 is 1.33 bits per heavy atom. The summed E-state index contributed by atoms with van der Waals surface area (Å²) in [4.78, 5) is 4.17. The lowest BCUT2D eigenvalue weighted by Crippen LogP contribution is -2.17. The van der Waals surface area contributed by atoms with Gasteiger partial charge in [0.1, 0.15) is 0 Å². The third-order valence-corrected chi connectivity index (χ3v) is 3.78. The van der Waals surface area contributed by atoms with Gasteiger partial charge in [0.15, 0.2) is 0 Å². The lowest BCUT2D eigenvalue weighted by atomic mass is 10.1. The minimum atomic E-state index is 0.137. The summed E-state index contributed by atoms with van der Waals surface area (Å²) in [6, 6.07) is 10.2. The summed E-state index contributed by atoms with van der Waals surface area (Å²) in [7, 11) is 0. The molecule has 1 atom stereocenters. The van der Waals surface area contributed by atoms with Gasteiger partial charge in [-0.1, -0.05) is 23.7 Å². The van der Waals surface area contributed by atoms with Gasteiger partial charge in [-0.25, -0.2) is 0 Å². The van der Waals surface area contributed by atoms with Crippen LogP contribution < -0.4 is 5.73 Å². The second-order valence-electron chi connectivity index (χ2n) is 5.49. The van der Waals surface area contributed by atoms with Crippen molar-refractivity contribution in [2.24, 2.45) is 5.73 Å². The van der Waals surface area contributed by atoms with Crippen LogP contribution in [-0.4, -0.2) is 15.6 Å². The van der Waals surface area contributed by atoms with E-state index in [-0.39, 0.29) is 6.04 Å². The molecule has 0 amide bonds. The second kappa shape index (κ2) is 5.88. The first kappa shape index (κ1) is 14.1. The summed E-state index contributed by atoms with van der Waals surface area (Å²) in [5.74, 6) is 0. The molecule has 1 unspecified atom stereocenters. The molecule has 0 aliphatic carbocycles. The van der Waals surface area contributed by atoms with Gasteiger partial charge in [0, 0.05) is 41.6 Å². The fourth-order valence-corrected chi connectivity index (χ4v) is 2.84. The summed E-state index contributed by atoms with van der Waals surface area (Å²) in [5, 5.41) is 1.97. The highest BCUT2D eigenvalue weighted by molar-refractivity contribution is 6.31. The van der Waals surface area contributed by atoms with Gasteiger partial charge in [-0.15, -0.1) is 0 Å². The Bertz CT molecular complexity index is 747. The van der Waals surface area contributed by atoms with Crippen molar-refractivity contribution >= 4 is 22.5 Å². The smallest absolute Gasteiger partial charge is 0.0501 e. The quantitative estimate of drug-likeness (QED) is 0.799. The van der Waals surface area contributed by atoms with Gasteiger partial charge in [-0.3, -0.25) is 4.98 Å². The Hall–Kier alpha value is -1.84. The number of aromatic nitrogens is 2. The molecule has 0 spiro atoms. The van der Waals surface area contributed by atoms with Crippen molar-refractivity contribution in [2.45, 2.75) is 25.9 Å². The average molecular weight is 300 g/mol. The standard InChI is InChI=1S/C17H18ClN3/c1-12(19)7-14-11-21(10-13-3-2-6-20-9-13)17-8-15(18)4-5-16(14)17/h2-6,8-9,11-12H,7,10,19H2,1H3. The maximum Gasteiger partial charge on any atom is 0.0501 e. The zero-order valence-corrected chi connectivity index (χ0v) is 12.7. The summed E-state index contributed by atoms with van der Waals surface area (Å²) in [5.41, 5.74) is 9.54. The van der Waals surface area contributed by atoms with Crippen molar-refractivity contribution in [3.8, 4) is 0 Å². The Morgan fingerprint density at radius 2 is 2.19 bits per heavy atom. The van der Waals surface area contributed by atoms with Gasteiger partial charge in [0.25, 0.3) is 0 Å².